The zero-order valence-corrected chi connectivity index (χ0v) is 10.7. The summed E-state index contributed by atoms with van der Waals surface area (Å²) < 4.78 is 27.9. The molecule has 0 aliphatic carbocycles. The molecule has 0 aliphatic rings. The molecule has 0 bridgehead atoms. The number of carbonyl (C=O) groups is 2. The molecule has 10 heteroatoms. The van der Waals surface area contributed by atoms with Crippen LogP contribution in [0.2, 0.25) is 0 Å². The third-order valence-corrected chi connectivity index (χ3v) is 3.13. The smallest absolute Gasteiger partial charge is 0.342 e. The zero-order valence-electron chi connectivity index (χ0n) is 9.16. The molecule has 1 N–H and O–H groups in total. The van der Waals surface area contributed by atoms with E-state index in [1.165, 1.54) is 6.92 Å². The SMILES string of the molecule is CCOC(=O)c1cnn(CC(=O)O)c1S(=O)(=O)Cl. The number of halogens is 1. The largest absolute Gasteiger partial charge is 0.480 e. The van der Waals surface area contributed by atoms with Gasteiger partial charge < -0.3 is 9.84 Å². The van der Waals surface area contributed by atoms with Crippen LogP contribution in [0.1, 0.15) is 17.3 Å². The molecule has 0 spiro atoms. The van der Waals surface area contributed by atoms with Gasteiger partial charge in [0, 0.05) is 10.7 Å². The summed E-state index contributed by atoms with van der Waals surface area (Å²) in [5.74, 6) is -2.26. The van der Waals surface area contributed by atoms with E-state index >= 15 is 0 Å². The van der Waals surface area contributed by atoms with E-state index in [0.717, 1.165) is 6.20 Å². The van der Waals surface area contributed by atoms with Crippen LogP contribution < -0.4 is 0 Å². The number of carbonyl (C=O) groups excluding carboxylic acids is 1. The molecule has 8 nitrogen and oxygen atoms in total. The van der Waals surface area contributed by atoms with Crippen molar-refractivity contribution in [3.05, 3.63) is 11.8 Å². The summed E-state index contributed by atoms with van der Waals surface area (Å²) in [4.78, 5) is 22.0. The Morgan fingerprint density at radius 1 is 1.56 bits per heavy atom. The van der Waals surface area contributed by atoms with E-state index in [2.05, 4.69) is 9.84 Å². The molecule has 1 heterocycles. The minimum atomic E-state index is -4.32. The molecule has 0 saturated carbocycles. The number of carboxylic acid groups (broad SMARTS) is 1. The van der Waals surface area contributed by atoms with Crippen LogP contribution in [-0.2, 0) is 25.1 Å². The Morgan fingerprint density at radius 2 is 2.17 bits per heavy atom. The molecule has 1 aromatic heterocycles. The molecule has 0 unspecified atom stereocenters. The minimum absolute atomic E-state index is 0.0325. The highest BCUT2D eigenvalue weighted by atomic mass is 35.7. The number of ether oxygens (including phenoxy) is 1. The van der Waals surface area contributed by atoms with Crippen LogP contribution in [0, 0.1) is 0 Å². The second-order valence-corrected chi connectivity index (χ2v) is 5.55. The predicted molar refractivity (Wildman–Crippen MR) is 58.9 cm³/mol. The molecule has 18 heavy (non-hydrogen) atoms. The quantitative estimate of drug-likeness (QED) is 0.604. The van der Waals surface area contributed by atoms with Crippen LogP contribution in [0.4, 0.5) is 0 Å². The summed E-state index contributed by atoms with van der Waals surface area (Å²) in [6.45, 7) is 0.833. The molecule has 100 valence electrons. The zero-order chi connectivity index (χ0) is 13.9. The van der Waals surface area contributed by atoms with Crippen molar-refractivity contribution in [1.82, 2.24) is 9.78 Å². The second-order valence-electron chi connectivity index (χ2n) is 3.07. The van der Waals surface area contributed by atoms with E-state index in [0.29, 0.717) is 4.68 Å². The lowest BCUT2D eigenvalue weighted by molar-refractivity contribution is -0.138. The Labute approximate surface area is 107 Å². The Kier molecular flexibility index (Phi) is 4.30. The van der Waals surface area contributed by atoms with E-state index in [4.69, 9.17) is 15.8 Å². The molecule has 0 saturated heterocycles. The van der Waals surface area contributed by atoms with Crippen LogP contribution in [0.5, 0.6) is 0 Å². The van der Waals surface area contributed by atoms with Crippen molar-refractivity contribution in [1.29, 1.82) is 0 Å². The first-order chi connectivity index (χ1) is 8.27. The molecular formula is C8H9ClN2O6S. The number of rotatable bonds is 5. The van der Waals surface area contributed by atoms with Crippen molar-refractivity contribution >= 4 is 31.7 Å². The van der Waals surface area contributed by atoms with Gasteiger partial charge in [0.1, 0.15) is 12.1 Å². The van der Waals surface area contributed by atoms with Gasteiger partial charge in [-0.1, -0.05) is 0 Å². The van der Waals surface area contributed by atoms with E-state index in [-0.39, 0.29) is 6.61 Å². The summed E-state index contributed by atoms with van der Waals surface area (Å²) in [5, 5.41) is 11.4. The molecule has 0 amide bonds. The van der Waals surface area contributed by atoms with Crippen LogP contribution in [0.3, 0.4) is 0 Å². The van der Waals surface area contributed by atoms with Gasteiger partial charge in [0.2, 0.25) is 0 Å². The average Bonchev–Trinajstić information content (AvgIpc) is 2.60. The molecular weight excluding hydrogens is 288 g/mol. The minimum Gasteiger partial charge on any atom is -0.480 e. The van der Waals surface area contributed by atoms with Gasteiger partial charge >= 0.3 is 11.9 Å². The van der Waals surface area contributed by atoms with Gasteiger partial charge in [-0.3, -0.25) is 4.79 Å². The fourth-order valence-corrected chi connectivity index (χ4v) is 2.47. The second kappa shape index (κ2) is 5.36. The van der Waals surface area contributed by atoms with E-state index < -0.39 is 38.1 Å². The summed E-state index contributed by atoms with van der Waals surface area (Å²) in [7, 11) is 0.827. The van der Waals surface area contributed by atoms with Crippen molar-refractivity contribution in [3.8, 4) is 0 Å². The normalized spacial score (nSPS) is 11.2. The number of aliphatic carboxylic acids is 1. The fourth-order valence-electron chi connectivity index (χ4n) is 1.22. The number of aromatic nitrogens is 2. The molecule has 0 radical (unpaired) electrons. The third kappa shape index (κ3) is 3.20. The number of esters is 1. The van der Waals surface area contributed by atoms with Crippen molar-refractivity contribution in [2.45, 2.75) is 18.5 Å². The standard InChI is InChI=1S/C8H9ClN2O6S/c1-2-17-8(14)5-3-10-11(4-6(12)13)7(5)18(9,15)16/h3H,2,4H2,1H3,(H,12,13). The lowest BCUT2D eigenvalue weighted by Crippen LogP contribution is -2.16. The maximum atomic E-state index is 11.5. The first kappa shape index (κ1) is 14.5. The first-order valence-corrected chi connectivity index (χ1v) is 6.97. The van der Waals surface area contributed by atoms with Crippen LogP contribution in [0.25, 0.3) is 0 Å². The predicted octanol–water partition coefficient (Wildman–Crippen LogP) is 0.0719. The lowest BCUT2D eigenvalue weighted by Gasteiger charge is -2.04. The summed E-state index contributed by atoms with van der Waals surface area (Å²) in [6.07, 6.45) is 0.899. The monoisotopic (exact) mass is 296 g/mol. The highest BCUT2D eigenvalue weighted by molar-refractivity contribution is 8.13. The summed E-state index contributed by atoms with van der Waals surface area (Å²) in [5.41, 5.74) is -0.395. The summed E-state index contributed by atoms with van der Waals surface area (Å²) >= 11 is 0. The molecule has 1 aromatic rings. The van der Waals surface area contributed by atoms with Crippen molar-refractivity contribution in [2.75, 3.05) is 6.61 Å². The fraction of sp³-hybridized carbons (Fsp3) is 0.375. The van der Waals surface area contributed by atoms with Crippen molar-refractivity contribution in [3.63, 3.8) is 0 Å². The van der Waals surface area contributed by atoms with E-state index in [9.17, 15) is 18.0 Å². The number of nitrogens with zero attached hydrogens (tertiary/aromatic N) is 2. The lowest BCUT2D eigenvalue weighted by atomic mass is 10.4. The molecule has 0 aliphatic heterocycles. The maximum Gasteiger partial charge on any atom is 0.342 e. The Morgan fingerprint density at radius 3 is 2.61 bits per heavy atom. The Hall–Kier alpha value is -1.61. The van der Waals surface area contributed by atoms with Gasteiger partial charge in [-0.2, -0.15) is 5.10 Å². The van der Waals surface area contributed by atoms with E-state index in [1.807, 2.05) is 0 Å². The third-order valence-electron chi connectivity index (χ3n) is 1.80. The van der Waals surface area contributed by atoms with Gasteiger partial charge in [0.25, 0.3) is 9.05 Å². The van der Waals surface area contributed by atoms with Gasteiger partial charge in [-0.15, -0.1) is 0 Å². The summed E-state index contributed by atoms with van der Waals surface area (Å²) in [6, 6.07) is 0. The van der Waals surface area contributed by atoms with Gasteiger partial charge in [0.05, 0.1) is 12.8 Å². The average molecular weight is 297 g/mol. The molecule has 0 atom stereocenters. The number of hydrogen-bond acceptors (Lipinski definition) is 6. The highest BCUT2D eigenvalue weighted by Gasteiger charge is 2.28. The topological polar surface area (TPSA) is 116 Å². The van der Waals surface area contributed by atoms with Crippen molar-refractivity contribution < 1.29 is 27.9 Å². The van der Waals surface area contributed by atoms with Gasteiger partial charge in [-0.25, -0.2) is 17.9 Å². The van der Waals surface area contributed by atoms with Crippen LogP contribution >= 0.6 is 10.7 Å². The molecule has 0 aromatic carbocycles. The highest BCUT2D eigenvalue weighted by Crippen LogP contribution is 2.20. The van der Waals surface area contributed by atoms with Gasteiger partial charge in [-0.05, 0) is 6.92 Å². The van der Waals surface area contributed by atoms with Crippen molar-refractivity contribution in [2.24, 2.45) is 0 Å². The van der Waals surface area contributed by atoms with Crippen LogP contribution in [0.15, 0.2) is 11.2 Å². The molecule has 0 fully saturated rings. The number of hydrogen-bond donors (Lipinski definition) is 1. The maximum absolute atomic E-state index is 11.5. The number of carboxylic acids is 1. The molecule has 1 rings (SSSR count). The van der Waals surface area contributed by atoms with E-state index in [1.54, 1.807) is 0 Å². The Balaban J connectivity index is 3.33. The Bertz CT molecular complexity index is 578. The van der Waals surface area contributed by atoms with Crippen LogP contribution in [-0.4, -0.2) is 41.9 Å². The first-order valence-electron chi connectivity index (χ1n) is 4.66. The van der Waals surface area contributed by atoms with Gasteiger partial charge in [0.15, 0.2) is 5.03 Å².